The Labute approximate surface area is 111 Å². The van der Waals surface area contributed by atoms with Crippen LogP contribution in [0, 0.1) is 5.82 Å². The summed E-state index contributed by atoms with van der Waals surface area (Å²) in [7, 11) is -0.486. The number of hydrogen-bond acceptors (Lipinski definition) is 3. The van der Waals surface area contributed by atoms with Crippen LogP contribution in [0.4, 0.5) is 4.39 Å². The molecule has 6 heteroatoms. The van der Waals surface area contributed by atoms with Crippen LogP contribution in [0.3, 0.4) is 0 Å². The predicted molar refractivity (Wildman–Crippen MR) is 72.1 cm³/mol. The highest BCUT2D eigenvalue weighted by Crippen LogP contribution is 2.36. The molecule has 19 heavy (non-hydrogen) atoms. The molecule has 4 nitrogen and oxygen atoms in total. The fraction of sp³-hybridized carbons (Fsp3) is 0.462. The molecule has 0 saturated carbocycles. The fourth-order valence-corrected chi connectivity index (χ4v) is 1.72. The van der Waals surface area contributed by atoms with Gasteiger partial charge in [0.05, 0.1) is 11.2 Å². The Morgan fingerprint density at radius 3 is 2.37 bits per heavy atom. The van der Waals surface area contributed by atoms with Gasteiger partial charge in [-0.05, 0) is 39.3 Å². The monoisotopic (exact) mass is 265 g/mol. The minimum Gasteiger partial charge on any atom is -0.400 e. The number of aromatic nitrogens is 1. The van der Waals surface area contributed by atoms with Crippen molar-refractivity contribution >= 4 is 13.2 Å². The first-order valence-electron chi connectivity index (χ1n) is 6.13. The smallest absolute Gasteiger partial charge is 0.400 e. The standard InChI is InChI=1S/C13H17BFNO3/c1-12(2)13(3,4)19-14(18-12)6-5-9-7-10(15)11(17)16-8-9/h5-8H,1-4H3,(H,16,17)/b6-5+. The van der Waals surface area contributed by atoms with Gasteiger partial charge >= 0.3 is 7.12 Å². The number of nitrogens with one attached hydrogen (secondary N) is 1. The van der Waals surface area contributed by atoms with Crippen LogP contribution in [0.25, 0.3) is 6.08 Å². The molecule has 1 aromatic heterocycles. The van der Waals surface area contributed by atoms with Crippen molar-refractivity contribution < 1.29 is 13.7 Å². The van der Waals surface area contributed by atoms with Crippen LogP contribution in [-0.4, -0.2) is 23.3 Å². The Hall–Kier alpha value is -1.40. The normalized spacial score (nSPS) is 21.2. The highest BCUT2D eigenvalue weighted by Gasteiger charge is 2.49. The van der Waals surface area contributed by atoms with E-state index >= 15 is 0 Å². The summed E-state index contributed by atoms with van der Waals surface area (Å²) in [6.07, 6.45) is 3.09. The van der Waals surface area contributed by atoms with E-state index in [2.05, 4.69) is 4.98 Å². The van der Waals surface area contributed by atoms with Crippen LogP contribution >= 0.6 is 0 Å². The van der Waals surface area contributed by atoms with E-state index in [1.807, 2.05) is 27.7 Å². The second-order valence-corrected chi connectivity index (χ2v) is 5.59. The molecule has 0 unspecified atom stereocenters. The Kier molecular flexibility index (Phi) is 3.41. The van der Waals surface area contributed by atoms with E-state index in [0.717, 1.165) is 0 Å². The Bertz CT molecular complexity index is 549. The molecule has 0 spiro atoms. The van der Waals surface area contributed by atoms with Crippen LogP contribution in [0.5, 0.6) is 0 Å². The van der Waals surface area contributed by atoms with Crippen molar-refractivity contribution in [2.24, 2.45) is 0 Å². The van der Waals surface area contributed by atoms with Gasteiger partial charge in [0, 0.05) is 6.20 Å². The van der Waals surface area contributed by atoms with Gasteiger partial charge in [0.2, 0.25) is 0 Å². The lowest BCUT2D eigenvalue weighted by atomic mass is 9.89. The Balaban J connectivity index is 2.12. The summed E-state index contributed by atoms with van der Waals surface area (Å²) in [6, 6.07) is 1.17. The summed E-state index contributed by atoms with van der Waals surface area (Å²) in [4.78, 5) is 13.2. The molecule has 0 atom stereocenters. The molecular weight excluding hydrogens is 248 g/mol. The third-order valence-electron chi connectivity index (χ3n) is 3.60. The first-order chi connectivity index (χ1) is 8.71. The molecule has 1 aliphatic heterocycles. The molecule has 1 N–H and O–H groups in total. The average molecular weight is 265 g/mol. The number of pyridine rings is 1. The van der Waals surface area contributed by atoms with E-state index in [1.165, 1.54) is 12.3 Å². The summed E-state index contributed by atoms with van der Waals surface area (Å²) in [5, 5.41) is 0. The minimum atomic E-state index is -0.809. The van der Waals surface area contributed by atoms with Gasteiger partial charge in [-0.1, -0.05) is 12.1 Å². The maximum atomic E-state index is 13.1. The molecule has 0 radical (unpaired) electrons. The first-order valence-corrected chi connectivity index (χ1v) is 6.13. The van der Waals surface area contributed by atoms with E-state index in [9.17, 15) is 9.18 Å². The van der Waals surface area contributed by atoms with Crippen LogP contribution < -0.4 is 5.56 Å². The van der Waals surface area contributed by atoms with Gasteiger partial charge in [-0.15, -0.1) is 0 Å². The second kappa shape index (κ2) is 4.61. The lowest BCUT2D eigenvalue weighted by Crippen LogP contribution is -2.41. The molecule has 102 valence electrons. The summed E-state index contributed by atoms with van der Waals surface area (Å²) in [6.45, 7) is 7.84. The maximum absolute atomic E-state index is 13.1. The summed E-state index contributed by atoms with van der Waals surface area (Å²) in [5.41, 5.74) is -0.990. The highest BCUT2D eigenvalue weighted by molar-refractivity contribution is 6.52. The molecule has 1 aromatic rings. The summed E-state index contributed by atoms with van der Waals surface area (Å²) >= 11 is 0. The maximum Gasteiger partial charge on any atom is 0.487 e. The Morgan fingerprint density at radius 1 is 1.26 bits per heavy atom. The lowest BCUT2D eigenvalue weighted by molar-refractivity contribution is 0.00578. The van der Waals surface area contributed by atoms with Crippen molar-refractivity contribution in [3.63, 3.8) is 0 Å². The van der Waals surface area contributed by atoms with Crippen LogP contribution in [0.1, 0.15) is 33.3 Å². The number of halogens is 1. The van der Waals surface area contributed by atoms with Crippen LogP contribution in [0.15, 0.2) is 23.0 Å². The molecule has 2 rings (SSSR count). The van der Waals surface area contributed by atoms with E-state index in [4.69, 9.17) is 9.31 Å². The van der Waals surface area contributed by atoms with Gasteiger partial charge in [-0.2, -0.15) is 0 Å². The molecule has 0 aromatic carbocycles. The highest BCUT2D eigenvalue weighted by atomic mass is 19.1. The molecule has 1 fully saturated rings. The van der Waals surface area contributed by atoms with E-state index in [-0.39, 0.29) is 0 Å². The molecular formula is C13H17BFNO3. The second-order valence-electron chi connectivity index (χ2n) is 5.59. The molecule has 1 aliphatic rings. The van der Waals surface area contributed by atoms with Crippen LogP contribution in [-0.2, 0) is 9.31 Å². The SMILES string of the molecule is CC1(C)OB(/C=C/c2c[nH]c(=O)c(F)c2)OC1(C)C. The van der Waals surface area contributed by atoms with Gasteiger partial charge in [0.25, 0.3) is 5.56 Å². The van der Waals surface area contributed by atoms with Crippen molar-refractivity contribution in [1.29, 1.82) is 0 Å². The number of hydrogen-bond donors (Lipinski definition) is 1. The van der Waals surface area contributed by atoms with Gasteiger partial charge < -0.3 is 14.3 Å². The Morgan fingerprint density at radius 2 is 1.84 bits per heavy atom. The molecule has 0 amide bonds. The van der Waals surface area contributed by atoms with Crippen molar-refractivity contribution in [1.82, 2.24) is 4.98 Å². The topological polar surface area (TPSA) is 51.3 Å². The molecule has 0 bridgehead atoms. The minimum absolute atomic E-state index is 0.405. The van der Waals surface area contributed by atoms with Gasteiger partial charge in [0.15, 0.2) is 5.82 Å². The predicted octanol–water partition coefficient (Wildman–Crippen LogP) is 2.16. The van der Waals surface area contributed by atoms with Gasteiger partial charge in [-0.3, -0.25) is 4.79 Å². The van der Waals surface area contributed by atoms with Crippen molar-refractivity contribution in [2.75, 3.05) is 0 Å². The third kappa shape index (κ3) is 2.79. The van der Waals surface area contributed by atoms with Crippen molar-refractivity contribution in [3.05, 3.63) is 40.0 Å². The summed E-state index contributed by atoms with van der Waals surface area (Å²) < 4.78 is 24.6. The van der Waals surface area contributed by atoms with Crippen LogP contribution in [0.2, 0.25) is 0 Å². The van der Waals surface area contributed by atoms with Crippen molar-refractivity contribution in [3.8, 4) is 0 Å². The third-order valence-corrected chi connectivity index (χ3v) is 3.60. The molecule has 0 aliphatic carbocycles. The van der Waals surface area contributed by atoms with Gasteiger partial charge in [-0.25, -0.2) is 4.39 Å². The lowest BCUT2D eigenvalue weighted by Gasteiger charge is -2.32. The first kappa shape index (κ1) is 14.0. The number of rotatable bonds is 2. The summed E-state index contributed by atoms with van der Waals surface area (Å²) in [5.74, 6) is 0.889. The molecule has 1 saturated heterocycles. The van der Waals surface area contributed by atoms with Gasteiger partial charge in [0.1, 0.15) is 0 Å². The average Bonchev–Trinajstić information content (AvgIpc) is 2.49. The molecule has 2 heterocycles. The quantitative estimate of drug-likeness (QED) is 0.833. The van der Waals surface area contributed by atoms with E-state index < -0.39 is 29.7 Å². The number of H-pyrrole nitrogens is 1. The van der Waals surface area contributed by atoms with E-state index in [1.54, 1.807) is 12.1 Å². The van der Waals surface area contributed by atoms with Crippen molar-refractivity contribution in [2.45, 2.75) is 38.9 Å². The van der Waals surface area contributed by atoms with E-state index in [0.29, 0.717) is 5.56 Å². The fourth-order valence-electron chi connectivity index (χ4n) is 1.72. The largest absolute Gasteiger partial charge is 0.487 e. The number of aromatic amines is 1. The zero-order valence-electron chi connectivity index (χ0n) is 11.5. The zero-order chi connectivity index (χ0) is 14.3. The zero-order valence-corrected chi connectivity index (χ0v) is 11.5.